The van der Waals surface area contributed by atoms with Gasteiger partial charge in [-0.1, -0.05) is 0 Å². The molecule has 2 N–H and O–H groups in total. The third-order valence-electron chi connectivity index (χ3n) is 0.517. The Kier molecular flexibility index (Phi) is 8.02. The number of rotatable bonds is 3. The van der Waals surface area contributed by atoms with Crippen LogP contribution < -0.4 is 0 Å². The van der Waals surface area contributed by atoms with Crippen LogP contribution in [0.4, 0.5) is 0 Å². The lowest BCUT2D eigenvalue weighted by Crippen LogP contribution is -1.95. The molecule has 1 unspecified atom stereocenters. The fourth-order valence-electron chi connectivity index (χ4n) is 0.191. The molecular formula is C3H7BrO4P+. The third-order valence-corrected chi connectivity index (χ3v) is 1.12. The van der Waals surface area contributed by atoms with Gasteiger partial charge in [-0.2, -0.15) is 4.89 Å². The largest absolute Gasteiger partial charge is 0.506 e. The molecule has 0 rings (SSSR count). The van der Waals surface area contributed by atoms with Gasteiger partial charge in [0.25, 0.3) is 0 Å². The molecule has 0 saturated carbocycles. The molecule has 0 bridgehead atoms. The fourth-order valence-corrected chi connectivity index (χ4v) is 0.574. The number of carboxylic acids is 1. The highest BCUT2D eigenvalue weighted by Gasteiger charge is 2.11. The van der Waals surface area contributed by atoms with Gasteiger partial charge >= 0.3 is 14.0 Å². The van der Waals surface area contributed by atoms with Gasteiger partial charge in [0, 0.05) is 0 Å². The van der Waals surface area contributed by atoms with E-state index in [0.29, 0.717) is 0 Å². The van der Waals surface area contributed by atoms with E-state index < -0.39 is 14.0 Å². The smallest absolute Gasteiger partial charge is 0.481 e. The Morgan fingerprint density at radius 2 is 2.00 bits per heavy atom. The molecule has 0 amide bonds. The lowest BCUT2D eigenvalue weighted by Gasteiger charge is -1.76. The topological polar surface area (TPSA) is 74.6 Å². The fraction of sp³-hybridized carbons (Fsp3) is 0.667. The minimum absolute atomic E-state index is 0. The summed E-state index contributed by atoms with van der Waals surface area (Å²) >= 11 is 0. The summed E-state index contributed by atoms with van der Waals surface area (Å²) in [5.41, 5.74) is 0. The number of aliphatic carboxylic acids is 1. The molecule has 6 heteroatoms. The molecule has 54 valence electrons. The molecule has 0 radical (unpaired) electrons. The zero-order valence-corrected chi connectivity index (χ0v) is 7.09. The van der Waals surface area contributed by atoms with Crippen LogP contribution in [0.15, 0.2) is 0 Å². The molecule has 0 saturated heterocycles. The maximum Gasteiger partial charge on any atom is 0.506 e. The van der Waals surface area contributed by atoms with Crippen LogP contribution in [0.1, 0.15) is 6.42 Å². The summed E-state index contributed by atoms with van der Waals surface area (Å²) in [6.45, 7) is 0. The lowest BCUT2D eigenvalue weighted by molar-refractivity contribution is -0.136. The maximum atomic E-state index is 9.79. The van der Waals surface area contributed by atoms with Crippen molar-refractivity contribution in [2.24, 2.45) is 0 Å². The number of hydrogen-bond donors (Lipinski definition) is 2. The number of carboxylic acid groups (broad SMARTS) is 1. The zero-order chi connectivity index (χ0) is 6.57. The third kappa shape index (κ3) is 11.5. The van der Waals surface area contributed by atoms with Crippen molar-refractivity contribution in [1.82, 2.24) is 0 Å². The summed E-state index contributed by atoms with van der Waals surface area (Å²) in [6, 6.07) is 0. The first kappa shape index (κ1) is 11.8. The average molecular weight is 218 g/mol. The summed E-state index contributed by atoms with van der Waals surface area (Å²) < 4.78 is 9.79. The van der Waals surface area contributed by atoms with Gasteiger partial charge < -0.3 is 5.11 Å². The monoisotopic (exact) mass is 217 g/mol. The van der Waals surface area contributed by atoms with Crippen LogP contribution in [0, 0.1) is 0 Å². The summed E-state index contributed by atoms with van der Waals surface area (Å²) in [5, 5.41) is 7.92. The Morgan fingerprint density at radius 3 is 2.11 bits per heavy atom. The molecule has 0 fully saturated rings. The van der Waals surface area contributed by atoms with Crippen molar-refractivity contribution in [3.05, 3.63) is 0 Å². The molecular weight excluding hydrogens is 211 g/mol. The van der Waals surface area contributed by atoms with Gasteiger partial charge in [0.05, 0.1) is 6.42 Å². The molecule has 0 aromatic carbocycles. The molecule has 1 atom stereocenters. The van der Waals surface area contributed by atoms with E-state index in [4.69, 9.17) is 10.00 Å². The van der Waals surface area contributed by atoms with Crippen molar-refractivity contribution in [2.45, 2.75) is 6.42 Å². The minimum atomic E-state index is -2.26. The van der Waals surface area contributed by atoms with Crippen LogP contribution in [-0.2, 0) is 9.36 Å². The second-order valence-electron chi connectivity index (χ2n) is 1.22. The van der Waals surface area contributed by atoms with Gasteiger partial charge in [-0.25, -0.2) is 0 Å². The number of halogens is 1. The average Bonchev–Trinajstić information content (AvgIpc) is 1.61. The first-order chi connectivity index (χ1) is 3.63. The number of hydrogen-bond acceptors (Lipinski definition) is 2. The van der Waals surface area contributed by atoms with Gasteiger partial charge in [0.1, 0.15) is 0 Å². The molecule has 0 spiro atoms. The van der Waals surface area contributed by atoms with Crippen molar-refractivity contribution in [3.63, 3.8) is 0 Å². The predicted molar refractivity (Wildman–Crippen MR) is 37.3 cm³/mol. The standard InChI is InChI=1S/C3H5O4P.BrH/c4-3(5)1-2-8(6)7;/h1-2H2,(H-,4,5,6,7);1H/p+1. The zero-order valence-electron chi connectivity index (χ0n) is 4.48. The summed E-state index contributed by atoms with van der Waals surface area (Å²) in [4.78, 5) is 17.7. The van der Waals surface area contributed by atoms with Crippen LogP contribution in [0.25, 0.3) is 0 Å². The molecule has 0 aliphatic carbocycles. The van der Waals surface area contributed by atoms with E-state index in [9.17, 15) is 9.36 Å². The summed E-state index contributed by atoms with van der Waals surface area (Å²) in [7, 11) is -2.26. The van der Waals surface area contributed by atoms with E-state index in [1.807, 2.05) is 0 Å². The van der Waals surface area contributed by atoms with E-state index >= 15 is 0 Å². The van der Waals surface area contributed by atoms with E-state index in [0.717, 1.165) is 0 Å². The second-order valence-corrected chi connectivity index (χ2v) is 2.37. The van der Waals surface area contributed by atoms with E-state index in [2.05, 4.69) is 0 Å². The van der Waals surface area contributed by atoms with E-state index in [-0.39, 0.29) is 29.6 Å². The molecule has 0 aromatic rings. The highest BCUT2D eigenvalue weighted by Crippen LogP contribution is 2.12. The van der Waals surface area contributed by atoms with Crippen LogP contribution in [0.5, 0.6) is 0 Å². The van der Waals surface area contributed by atoms with Crippen LogP contribution in [0.2, 0.25) is 0 Å². The van der Waals surface area contributed by atoms with Crippen molar-refractivity contribution >= 4 is 31.0 Å². The molecule has 0 aliphatic heterocycles. The number of carbonyl (C=O) groups is 1. The quantitative estimate of drug-likeness (QED) is 0.686. The maximum absolute atomic E-state index is 9.79. The Balaban J connectivity index is 0. The van der Waals surface area contributed by atoms with Crippen molar-refractivity contribution < 1.29 is 19.4 Å². The van der Waals surface area contributed by atoms with E-state index in [1.54, 1.807) is 0 Å². The predicted octanol–water partition coefficient (Wildman–Crippen LogP) is 0.774. The van der Waals surface area contributed by atoms with Crippen molar-refractivity contribution in [2.75, 3.05) is 6.16 Å². The summed E-state index contributed by atoms with van der Waals surface area (Å²) in [5.74, 6) is -1.04. The Labute approximate surface area is 63.5 Å². The normalized spacial score (nSPS) is 9.67. The van der Waals surface area contributed by atoms with Gasteiger partial charge in [-0.3, -0.25) is 4.79 Å². The van der Waals surface area contributed by atoms with Crippen molar-refractivity contribution in [3.8, 4) is 0 Å². The lowest BCUT2D eigenvalue weighted by atomic mass is 10.5. The van der Waals surface area contributed by atoms with Crippen LogP contribution in [-0.4, -0.2) is 22.1 Å². The van der Waals surface area contributed by atoms with Gasteiger partial charge in [0.15, 0.2) is 6.16 Å². The highest BCUT2D eigenvalue weighted by atomic mass is 79.9. The first-order valence-corrected chi connectivity index (χ1v) is 3.38. The van der Waals surface area contributed by atoms with Crippen LogP contribution in [0.3, 0.4) is 0 Å². The molecule has 9 heavy (non-hydrogen) atoms. The van der Waals surface area contributed by atoms with E-state index in [1.165, 1.54) is 0 Å². The Bertz CT molecular complexity index is 100. The summed E-state index contributed by atoms with van der Waals surface area (Å²) in [6.07, 6.45) is -0.379. The Morgan fingerprint density at radius 1 is 1.56 bits per heavy atom. The van der Waals surface area contributed by atoms with Gasteiger partial charge in [-0.05, 0) is 4.57 Å². The highest BCUT2D eigenvalue weighted by molar-refractivity contribution is 8.93. The second kappa shape index (κ2) is 6.13. The van der Waals surface area contributed by atoms with Crippen molar-refractivity contribution in [1.29, 1.82) is 0 Å². The molecule has 0 aliphatic rings. The molecule has 0 heterocycles. The first-order valence-electron chi connectivity index (χ1n) is 1.98. The molecule has 0 aromatic heterocycles. The SMILES string of the molecule is Br.O=C(O)CC[P+](=O)O. The van der Waals surface area contributed by atoms with Gasteiger partial charge in [-0.15, -0.1) is 17.0 Å². The van der Waals surface area contributed by atoms with Crippen LogP contribution >= 0.6 is 25.0 Å². The Hall–Kier alpha value is 0.01000. The van der Waals surface area contributed by atoms with Gasteiger partial charge in [0.2, 0.25) is 0 Å². The molecule has 4 nitrogen and oxygen atoms in total. The minimum Gasteiger partial charge on any atom is -0.481 e.